The van der Waals surface area contributed by atoms with E-state index in [0.29, 0.717) is 18.7 Å². The van der Waals surface area contributed by atoms with Crippen molar-refractivity contribution in [3.05, 3.63) is 78.4 Å². The van der Waals surface area contributed by atoms with E-state index < -0.39 is 10.0 Å². The molecule has 4 rings (SSSR count). The second-order valence-electron chi connectivity index (χ2n) is 7.12. The minimum Gasteiger partial charge on any atom is -0.289 e. The second-order valence-corrected chi connectivity index (χ2v) is 9.06. The Morgan fingerprint density at radius 3 is 2.27 bits per heavy atom. The number of sulfonamides is 1. The van der Waals surface area contributed by atoms with E-state index in [1.165, 1.54) is 28.8 Å². The number of rotatable bonds is 6. The lowest BCUT2D eigenvalue weighted by Gasteiger charge is -2.25. The van der Waals surface area contributed by atoms with Crippen molar-refractivity contribution >= 4 is 21.9 Å². The third-order valence-corrected chi connectivity index (χ3v) is 7.01. The summed E-state index contributed by atoms with van der Waals surface area (Å²) in [7, 11) is -3.49. The van der Waals surface area contributed by atoms with Gasteiger partial charge in [-0.1, -0.05) is 24.6 Å². The van der Waals surface area contributed by atoms with Crippen LogP contribution in [0.1, 0.15) is 35.2 Å². The van der Waals surface area contributed by atoms with E-state index in [4.69, 9.17) is 0 Å². The monoisotopic (exact) mass is 422 g/mol. The van der Waals surface area contributed by atoms with Gasteiger partial charge in [0.1, 0.15) is 12.7 Å². The van der Waals surface area contributed by atoms with Gasteiger partial charge in [0.15, 0.2) is 5.78 Å². The van der Waals surface area contributed by atoms with Gasteiger partial charge in [-0.15, -0.1) is 0 Å². The fourth-order valence-electron chi connectivity index (χ4n) is 3.39. The van der Waals surface area contributed by atoms with Crippen LogP contribution in [0.2, 0.25) is 0 Å². The molecular formula is C22H22N4O3S. The molecule has 0 amide bonds. The van der Waals surface area contributed by atoms with Crippen molar-refractivity contribution in [3.63, 3.8) is 0 Å². The van der Waals surface area contributed by atoms with Gasteiger partial charge in [0.25, 0.3) is 0 Å². The Kier molecular flexibility index (Phi) is 5.87. The topological polar surface area (TPSA) is 85.2 Å². The third kappa shape index (κ3) is 4.39. The van der Waals surface area contributed by atoms with Crippen LogP contribution in [0.4, 0.5) is 0 Å². The van der Waals surface area contributed by atoms with Crippen LogP contribution in [0.3, 0.4) is 0 Å². The summed E-state index contributed by atoms with van der Waals surface area (Å²) in [5, 5.41) is 4.07. The Labute approximate surface area is 175 Å². The molecule has 1 saturated heterocycles. The molecule has 0 radical (unpaired) electrons. The van der Waals surface area contributed by atoms with Crippen molar-refractivity contribution in [2.75, 3.05) is 13.1 Å². The molecule has 0 saturated carbocycles. The maximum Gasteiger partial charge on any atom is 0.243 e. The van der Waals surface area contributed by atoms with Crippen molar-refractivity contribution in [1.29, 1.82) is 0 Å². The van der Waals surface area contributed by atoms with Crippen molar-refractivity contribution in [3.8, 4) is 5.69 Å². The molecule has 2 aromatic carbocycles. The van der Waals surface area contributed by atoms with Gasteiger partial charge in [0.05, 0.1) is 10.6 Å². The molecule has 7 nitrogen and oxygen atoms in total. The predicted molar refractivity (Wildman–Crippen MR) is 114 cm³/mol. The summed E-state index contributed by atoms with van der Waals surface area (Å²) in [5.41, 5.74) is 2.20. The lowest BCUT2D eigenvalue weighted by atomic mass is 10.1. The summed E-state index contributed by atoms with van der Waals surface area (Å²) in [4.78, 5) is 16.6. The number of hydrogen-bond acceptors (Lipinski definition) is 5. The number of benzene rings is 2. The van der Waals surface area contributed by atoms with E-state index in [9.17, 15) is 13.2 Å². The molecule has 1 fully saturated rings. The number of hydrogen-bond donors (Lipinski definition) is 0. The first-order valence-corrected chi connectivity index (χ1v) is 11.3. The van der Waals surface area contributed by atoms with E-state index in [1.807, 2.05) is 24.3 Å². The molecule has 3 aromatic rings. The molecule has 1 aliphatic heterocycles. The van der Waals surface area contributed by atoms with Crippen LogP contribution < -0.4 is 0 Å². The first-order chi connectivity index (χ1) is 14.5. The van der Waals surface area contributed by atoms with Crippen molar-refractivity contribution in [1.82, 2.24) is 19.1 Å². The van der Waals surface area contributed by atoms with E-state index in [2.05, 4.69) is 10.1 Å². The number of allylic oxidation sites excluding steroid dienone is 1. The Morgan fingerprint density at radius 1 is 0.933 bits per heavy atom. The van der Waals surface area contributed by atoms with Crippen LogP contribution in [-0.4, -0.2) is 46.4 Å². The Hall–Kier alpha value is -3.10. The molecule has 2 heterocycles. The summed E-state index contributed by atoms with van der Waals surface area (Å²) in [6.07, 6.45) is 9.14. The van der Waals surface area contributed by atoms with Gasteiger partial charge in [0, 0.05) is 18.7 Å². The Morgan fingerprint density at radius 2 is 1.63 bits per heavy atom. The summed E-state index contributed by atoms with van der Waals surface area (Å²) in [5.74, 6) is -0.183. The van der Waals surface area contributed by atoms with Crippen molar-refractivity contribution in [2.45, 2.75) is 24.2 Å². The molecular weight excluding hydrogens is 400 g/mol. The van der Waals surface area contributed by atoms with E-state index in [0.717, 1.165) is 30.5 Å². The first kappa shape index (κ1) is 20.2. The minimum absolute atomic E-state index is 0.183. The lowest BCUT2D eigenvalue weighted by Crippen LogP contribution is -2.35. The molecule has 0 spiro atoms. The molecule has 8 heteroatoms. The van der Waals surface area contributed by atoms with Crippen LogP contribution in [-0.2, 0) is 10.0 Å². The summed E-state index contributed by atoms with van der Waals surface area (Å²) in [6, 6.07) is 13.7. The highest BCUT2D eigenvalue weighted by atomic mass is 32.2. The smallest absolute Gasteiger partial charge is 0.243 e. The average Bonchev–Trinajstić information content (AvgIpc) is 3.33. The van der Waals surface area contributed by atoms with Gasteiger partial charge >= 0.3 is 0 Å². The zero-order valence-electron chi connectivity index (χ0n) is 16.4. The Balaban J connectivity index is 1.43. The maximum atomic E-state index is 12.7. The number of piperidine rings is 1. The molecule has 1 aromatic heterocycles. The van der Waals surface area contributed by atoms with Crippen LogP contribution >= 0.6 is 0 Å². The number of carbonyl (C=O) groups is 1. The van der Waals surface area contributed by atoms with E-state index >= 15 is 0 Å². The second kappa shape index (κ2) is 8.73. The van der Waals surface area contributed by atoms with Crippen molar-refractivity contribution < 1.29 is 13.2 Å². The molecule has 0 atom stereocenters. The summed E-state index contributed by atoms with van der Waals surface area (Å²) >= 11 is 0. The third-order valence-electron chi connectivity index (χ3n) is 5.10. The van der Waals surface area contributed by atoms with Gasteiger partial charge in [-0.2, -0.15) is 9.40 Å². The Bertz CT molecular complexity index is 1130. The SMILES string of the molecule is O=C(C=Cc1ccc(-n2cncn2)cc1)c1ccc(S(=O)(=O)N2CCCCC2)cc1. The number of aromatic nitrogens is 3. The molecule has 30 heavy (non-hydrogen) atoms. The lowest BCUT2D eigenvalue weighted by molar-refractivity contribution is 0.104. The normalized spacial score (nSPS) is 15.5. The fourth-order valence-corrected chi connectivity index (χ4v) is 4.91. The van der Waals surface area contributed by atoms with Gasteiger partial charge in [-0.25, -0.2) is 18.1 Å². The van der Waals surface area contributed by atoms with Gasteiger partial charge in [0.2, 0.25) is 10.0 Å². The standard InChI is InChI=1S/C22H22N4O3S/c27-22(13-6-18-4-9-20(10-5-18)26-17-23-16-24-26)19-7-11-21(12-8-19)30(28,29)25-14-2-1-3-15-25/h4-13,16-17H,1-3,14-15H2. The zero-order chi connectivity index (χ0) is 21.0. The molecule has 0 bridgehead atoms. The fraction of sp³-hybridized carbons (Fsp3) is 0.227. The largest absolute Gasteiger partial charge is 0.289 e. The van der Waals surface area contributed by atoms with E-state index in [1.54, 1.807) is 29.2 Å². The molecule has 0 aliphatic carbocycles. The molecule has 1 aliphatic rings. The predicted octanol–water partition coefficient (Wildman–Crippen LogP) is 3.34. The van der Waals surface area contributed by atoms with Gasteiger partial charge in [-0.05, 0) is 60.9 Å². The summed E-state index contributed by atoms with van der Waals surface area (Å²) in [6.45, 7) is 1.11. The molecule has 0 unspecified atom stereocenters. The van der Waals surface area contributed by atoms with Crippen LogP contribution in [0.15, 0.2) is 72.2 Å². The van der Waals surface area contributed by atoms with Crippen LogP contribution in [0.25, 0.3) is 11.8 Å². The summed E-state index contributed by atoms with van der Waals surface area (Å²) < 4.78 is 28.6. The maximum absolute atomic E-state index is 12.7. The quantitative estimate of drug-likeness (QED) is 0.449. The minimum atomic E-state index is -3.49. The molecule has 154 valence electrons. The highest BCUT2D eigenvalue weighted by Gasteiger charge is 2.25. The van der Waals surface area contributed by atoms with Gasteiger partial charge in [-0.3, -0.25) is 4.79 Å². The zero-order valence-corrected chi connectivity index (χ0v) is 17.2. The number of ketones is 1. The highest BCUT2D eigenvalue weighted by molar-refractivity contribution is 7.89. The van der Waals surface area contributed by atoms with Crippen LogP contribution in [0, 0.1) is 0 Å². The highest BCUT2D eigenvalue weighted by Crippen LogP contribution is 2.21. The number of nitrogens with zero attached hydrogens (tertiary/aromatic N) is 4. The number of carbonyl (C=O) groups excluding carboxylic acids is 1. The molecule has 0 N–H and O–H groups in total. The van der Waals surface area contributed by atoms with E-state index in [-0.39, 0.29) is 10.7 Å². The van der Waals surface area contributed by atoms with Crippen LogP contribution in [0.5, 0.6) is 0 Å². The van der Waals surface area contributed by atoms with Crippen molar-refractivity contribution in [2.24, 2.45) is 0 Å². The average molecular weight is 423 g/mol. The first-order valence-electron chi connectivity index (χ1n) is 9.82. The van der Waals surface area contributed by atoms with Gasteiger partial charge < -0.3 is 0 Å².